The van der Waals surface area contributed by atoms with Gasteiger partial charge in [0, 0.05) is 30.3 Å². The van der Waals surface area contributed by atoms with Crippen molar-refractivity contribution < 1.29 is 17.9 Å². The summed E-state index contributed by atoms with van der Waals surface area (Å²) in [6.45, 7) is 6.21. The summed E-state index contributed by atoms with van der Waals surface area (Å²) in [5.41, 5.74) is 5.09. The third-order valence-electron chi connectivity index (χ3n) is 6.92. The maximum Gasteiger partial charge on any atom is 0.391 e. The first kappa shape index (κ1) is 22.1. The minimum absolute atomic E-state index is 0.0299. The normalized spacial score (nSPS) is 25.8. The van der Waals surface area contributed by atoms with Gasteiger partial charge in [-0.3, -0.25) is 4.98 Å². The molecule has 6 nitrogen and oxygen atoms in total. The number of rotatable bonds is 3. The minimum atomic E-state index is -4.17. The van der Waals surface area contributed by atoms with Gasteiger partial charge >= 0.3 is 6.18 Å². The van der Waals surface area contributed by atoms with E-state index in [9.17, 15) is 13.2 Å². The van der Waals surface area contributed by atoms with Crippen LogP contribution in [0.5, 0.6) is 0 Å². The van der Waals surface area contributed by atoms with Crippen molar-refractivity contribution in [1.82, 2.24) is 24.9 Å². The molecule has 0 N–H and O–H groups in total. The Morgan fingerprint density at radius 3 is 2.42 bits per heavy atom. The summed E-state index contributed by atoms with van der Waals surface area (Å²) in [4.78, 5) is 23.1. The van der Waals surface area contributed by atoms with E-state index in [1.54, 1.807) is 6.20 Å². The highest BCUT2D eigenvalue weighted by Crippen LogP contribution is 2.50. The highest BCUT2D eigenvalue weighted by molar-refractivity contribution is 5.73. The molecule has 0 bridgehead atoms. The number of hydrogen-bond donors (Lipinski definition) is 0. The number of aryl methyl sites for hydroxylation is 3. The fourth-order valence-corrected chi connectivity index (χ4v) is 4.76. The van der Waals surface area contributed by atoms with Crippen molar-refractivity contribution >= 4 is 11.2 Å². The van der Waals surface area contributed by atoms with Crippen LogP contribution in [-0.4, -0.2) is 37.7 Å². The molecule has 1 saturated carbocycles. The van der Waals surface area contributed by atoms with Crippen molar-refractivity contribution in [2.75, 3.05) is 6.61 Å². The van der Waals surface area contributed by atoms with E-state index in [-0.39, 0.29) is 30.8 Å². The summed E-state index contributed by atoms with van der Waals surface area (Å²) in [5, 5.41) is 0. The third-order valence-corrected chi connectivity index (χ3v) is 6.92. The van der Waals surface area contributed by atoms with Gasteiger partial charge in [-0.05, 0) is 64.2 Å². The number of alkyl halides is 3. The summed E-state index contributed by atoms with van der Waals surface area (Å²) >= 11 is 0. The lowest BCUT2D eigenvalue weighted by Crippen LogP contribution is -2.35. The predicted molar refractivity (Wildman–Crippen MR) is 116 cm³/mol. The molecule has 1 aliphatic carbocycles. The van der Waals surface area contributed by atoms with Crippen molar-refractivity contribution in [2.24, 2.45) is 5.92 Å². The second-order valence-electron chi connectivity index (χ2n) is 9.25. The van der Waals surface area contributed by atoms with E-state index < -0.39 is 12.1 Å². The molecule has 2 atom stereocenters. The Labute approximate surface area is 190 Å². The Balaban J connectivity index is 1.50. The smallest absolute Gasteiger partial charge is 0.373 e. The molecule has 2 aliphatic rings. The Morgan fingerprint density at radius 1 is 0.939 bits per heavy atom. The molecule has 3 aromatic rings. The average molecular weight is 458 g/mol. The van der Waals surface area contributed by atoms with Gasteiger partial charge in [0.05, 0.1) is 29.1 Å². The van der Waals surface area contributed by atoms with Crippen LogP contribution in [0.15, 0.2) is 18.3 Å². The Hall–Kier alpha value is -2.68. The van der Waals surface area contributed by atoms with Crippen LogP contribution in [0.25, 0.3) is 11.2 Å². The van der Waals surface area contributed by atoms with Gasteiger partial charge in [-0.25, -0.2) is 19.9 Å². The molecule has 4 heterocycles. The first-order chi connectivity index (χ1) is 15.7. The maximum atomic E-state index is 13.1. The van der Waals surface area contributed by atoms with E-state index in [1.807, 2.05) is 32.9 Å². The van der Waals surface area contributed by atoms with Crippen LogP contribution in [0.1, 0.15) is 77.8 Å². The van der Waals surface area contributed by atoms with Crippen molar-refractivity contribution in [1.29, 1.82) is 0 Å². The molecule has 9 heteroatoms. The number of halogens is 3. The Morgan fingerprint density at radius 2 is 1.70 bits per heavy atom. The van der Waals surface area contributed by atoms with Gasteiger partial charge in [-0.15, -0.1) is 0 Å². The second kappa shape index (κ2) is 8.27. The maximum absolute atomic E-state index is 13.1. The summed E-state index contributed by atoms with van der Waals surface area (Å²) < 4.78 is 45.5. The fourth-order valence-electron chi connectivity index (χ4n) is 4.76. The molecular weight excluding hydrogens is 431 g/mol. The number of hydrogen-bond acceptors (Lipinski definition) is 6. The number of aromatic nitrogens is 5. The molecule has 0 amide bonds. The van der Waals surface area contributed by atoms with Crippen LogP contribution in [0.4, 0.5) is 13.2 Å². The highest BCUT2D eigenvalue weighted by atomic mass is 19.4. The molecule has 1 saturated heterocycles. The lowest BCUT2D eigenvalue weighted by atomic mass is 9.72. The van der Waals surface area contributed by atoms with Crippen LogP contribution in [0.2, 0.25) is 0 Å². The number of ether oxygens (including phenoxy) is 1. The van der Waals surface area contributed by atoms with Gasteiger partial charge in [0.15, 0.2) is 5.65 Å². The van der Waals surface area contributed by atoms with E-state index in [2.05, 4.69) is 15.0 Å². The monoisotopic (exact) mass is 457 g/mol. The van der Waals surface area contributed by atoms with E-state index >= 15 is 0 Å². The molecule has 174 valence electrons. The lowest BCUT2D eigenvalue weighted by Gasteiger charge is -2.36. The standard InChI is InChI=1S/C24H26F3N5O/c1-12-8-15(4-6-28-12)19-11-16(5-7-33-19)22-31-20(17-9-18(10-17)24(25,26)27)21-23(32-22)30-14(3)13(2)29-21/h4,6,8,16-19H,5,7,9-11H2,1-3H3/t16-,17?,18?,19+/m0/s1. The van der Waals surface area contributed by atoms with E-state index in [4.69, 9.17) is 14.7 Å². The molecule has 5 rings (SSSR count). The molecule has 0 aromatic carbocycles. The Kier molecular flexibility index (Phi) is 5.55. The summed E-state index contributed by atoms with van der Waals surface area (Å²) in [5.74, 6) is -0.902. The van der Waals surface area contributed by atoms with E-state index in [1.165, 1.54) is 0 Å². The average Bonchev–Trinajstić information content (AvgIpc) is 2.73. The minimum Gasteiger partial charge on any atom is -0.373 e. The van der Waals surface area contributed by atoms with Crippen molar-refractivity contribution in [3.8, 4) is 0 Å². The lowest BCUT2D eigenvalue weighted by molar-refractivity contribution is -0.197. The van der Waals surface area contributed by atoms with Crippen molar-refractivity contribution in [3.05, 3.63) is 52.5 Å². The molecule has 0 unspecified atom stereocenters. The van der Waals surface area contributed by atoms with Crippen LogP contribution in [0, 0.1) is 26.7 Å². The largest absolute Gasteiger partial charge is 0.391 e. The number of nitrogens with zero attached hydrogens (tertiary/aromatic N) is 5. The summed E-state index contributed by atoms with van der Waals surface area (Å²) in [6, 6.07) is 3.97. The van der Waals surface area contributed by atoms with Gasteiger partial charge in [0.1, 0.15) is 11.3 Å². The summed E-state index contributed by atoms with van der Waals surface area (Å²) in [6.07, 6.45) is -0.972. The molecular formula is C24H26F3N5O. The highest BCUT2D eigenvalue weighted by Gasteiger charge is 2.49. The van der Waals surface area contributed by atoms with Crippen molar-refractivity contribution in [3.63, 3.8) is 0 Å². The van der Waals surface area contributed by atoms with E-state index in [0.29, 0.717) is 35.7 Å². The Bertz CT molecular complexity index is 1190. The van der Waals surface area contributed by atoms with Crippen molar-refractivity contribution in [2.45, 2.75) is 70.6 Å². The quantitative estimate of drug-likeness (QED) is 0.522. The first-order valence-corrected chi connectivity index (χ1v) is 11.3. The zero-order chi connectivity index (χ0) is 23.3. The molecule has 0 spiro atoms. The predicted octanol–water partition coefficient (Wildman–Crippen LogP) is 5.43. The zero-order valence-electron chi connectivity index (χ0n) is 18.9. The molecule has 33 heavy (non-hydrogen) atoms. The number of pyridine rings is 1. The van der Waals surface area contributed by atoms with Gasteiger partial charge in [-0.1, -0.05) is 0 Å². The van der Waals surface area contributed by atoms with Crippen LogP contribution < -0.4 is 0 Å². The van der Waals surface area contributed by atoms with Gasteiger partial charge in [0.2, 0.25) is 0 Å². The third kappa shape index (κ3) is 4.30. The van der Waals surface area contributed by atoms with Gasteiger partial charge < -0.3 is 4.74 Å². The molecule has 2 fully saturated rings. The zero-order valence-corrected chi connectivity index (χ0v) is 18.9. The SMILES string of the molecule is Cc1cc([C@H]2C[C@@H](c3nc(C4CC(C(F)(F)F)C4)c4nc(C)c(C)nc4n3)CCO2)ccn1. The topological polar surface area (TPSA) is 73.7 Å². The second-order valence-corrected chi connectivity index (χ2v) is 9.25. The fraction of sp³-hybridized carbons (Fsp3) is 0.542. The van der Waals surface area contributed by atoms with Crippen LogP contribution in [-0.2, 0) is 4.74 Å². The van der Waals surface area contributed by atoms with Crippen LogP contribution >= 0.6 is 0 Å². The van der Waals surface area contributed by atoms with E-state index in [0.717, 1.165) is 29.1 Å². The summed E-state index contributed by atoms with van der Waals surface area (Å²) in [7, 11) is 0. The molecule has 3 aromatic heterocycles. The van der Waals surface area contributed by atoms with Gasteiger partial charge in [0.25, 0.3) is 0 Å². The number of fused-ring (bicyclic) bond motifs is 1. The van der Waals surface area contributed by atoms with Crippen LogP contribution in [0.3, 0.4) is 0 Å². The first-order valence-electron chi connectivity index (χ1n) is 11.3. The molecule has 0 radical (unpaired) electrons. The molecule has 1 aliphatic heterocycles. The van der Waals surface area contributed by atoms with Gasteiger partial charge in [-0.2, -0.15) is 13.2 Å².